The van der Waals surface area contributed by atoms with Crippen molar-refractivity contribution in [2.75, 3.05) is 18.9 Å². The van der Waals surface area contributed by atoms with Gasteiger partial charge in [0.25, 0.3) is 0 Å². The molecule has 2 atom stereocenters. The summed E-state index contributed by atoms with van der Waals surface area (Å²) in [6.07, 6.45) is 0.154. The lowest BCUT2D eigenvalue weighted by Crippen LogP contribution is -2.59. The molecule has 0 aromatic heterocycles. The fourth-order valence-electron chi connectivity index (χ4n) is 2.98. The van der Waals surface area contributed by atoms with Gasteiger partial charge in [0.1, 0.15) is 17.7 Å². The van der Waals surface area contributed by atoms with Gasteiger partial charge in [-0.15, -0.1) is 11.8 Å². The average Bonchev–Trinajstić information content (AvgIpc) is 3.06. The van der Waals surface area contributed by atoms with Crippen molar-refractivity contribution in [1.82, 2.24) is 10.2 Å². The molecule has 0 aliphatic carbocycles. The Bertz CT molecular complexity index is 631. The number of rotatable bonds is 8. The lowest BCUT2D eigenvalue weighted by molar-refractivity contribution is -0.151. The smallest absolute Gasteiger partial charge is 0.407 e. The minimum absolute atomic E-state index is 0.0269. The van der Waals surface area contributed by atoms with Crippen molar-refractivity contribution < 1.29 is 33.8 Å². The number of hydrogen-bond donors (Lipinski definition) is 2. The largest absolute Gasteiger partial charge is 0.480 e. The number of nitrogens with zero attached hydrogens (tertiary/aromatic N) is 1. The molecule has 1 unspecified atom stereocenters. The molecule has 1 fully saturated rings. The third kappa shape index (κ3) is 7.75. The number of thioether (sulfide) groups is 1. The molecule has 0 spiro atoms. The molecule has 9 nitrogen and oxygen atoms in total. The number of esters is 1. The van der Waals surface area contributed by atoms with Crippen LogP contribution in [0.15, 0.2) is 0 Å². The van der Waals surface area contributed by atoms with Gasteiger partial charge in [0.15, 0.2) is 0 Å². The quantitative estimate of drug-likeness (QED) is 0.559. The summed E-state index contributed by atoms with van der Waals surface area (Å²) in [6.45, 7) is 10.8. The number of aliphatic carboxylic acids is 1. The second-order valence-corrected chi connectivity index (χ2v) is 9.93. The number of carboxylic acid groups (broad SMARTS) is 1. The van der Waals surface area contributed by atoms with Crippen LogP contribution in [-0.4, -0.2) is 75.3 Å². The lowest BCUT2D eigenvalue weighted by atomic mass is 10.0. The first kappa shape index (κ1) is 25.1. The van der Waals surface area contributed by atoms with Crippen LogP contribution < -0.4 is 5.32 Å². The minimum Gasteiger partial charge on any atom is -0.480 e. The first-order chi connectivity index (χ1) is 13.3. The molecule has 166 valence electrons. The summed E-state index contributed by atoms with van der Waals surface area (Å²) in [5.41, 5.74) is -0.634. The molecule has 1 heterocycles. The summed E-state index contributed by atoms with van der Waals surface area (Å²) in [5, 5.41) is 11.9. The van der Waals surface area contributed by atoms with Crippen molar-refractivity contribution in [2.24, 2.45) is 0 Å². The van der Waals surface area contributed by atoms with Gasteiger partial charge in [0.05, 0.1) is 12.4 Å². The molecule has 0 aromatic carbocycles. The Morgan fingerprint density at radius 1 is 1.21 bits per heavy atom. The van der Waals surface area contributed by atoms with Crippen molar-refractivity contribution in [3.8, 4) is 0 Å². The van der Waals surface area contributed by atoms with E-state index in [1.54, 1.807) is 41.5 Å². The van der Waals surface area contributed by atoms with E-state index in [9.17, 15) is 24.3 Å². The van der Waals surface area contributed by atoms with Crippen molar-refractivity contribution in [3.05, 3.63) is 0 Å². The van der Waals surface area contributed by atoms with E-state index in [2.05, 4.69) is 5.32 Å². The fourth-order valence-corrected chi connectivity index (χ4v) is 3.85. The molecule has 10 heteroatoms. The number of alkyl carbamates (subject to hydrolysis) is 1. The molecule has 1 rings (SSSR count). The molecule has 2 amide bonds. The first-order valence-electron chi connectivity index (χ1n) is 9.61. The highest BCUT2D eigenvalue weighted by Gasteiger charge is 2.44. The van der Waals surface area contributed by atoms with Crippen LogP contribution in [0.4, 0.5) is 4.79 Å². The summed E-state index contributed by atoms with van der Waals surface area (Å²) in [4.78, 5) is 50.1. The van der Waals surface area contributed by atoms with Crippen LogP contribution in [0.3, 0.4) is 0 Å². The van der Waals surface area contributed by atoms with Crippen LogP contribution in [0, 0.1) is 0 Å². The topological polar surface area (TPSA) is 122 Å². The van der Waals surface area contributed by atoms with Gasteiger partial charge < -0.3 is 24.8 Å². The summed E-state index contributed by atoms with van der Waals surface area (Å²) >= 11 is 1.15. The second kappa shape index (κ2) is 10.2. The Labute approximate surface area is 175 Å². The Balaban J connectivity index is 3.00. The molecular weight excluding hydrogens is 400 g/mol. The highest BCUT2D eigenvalue weighted by atomic mass is 32.2. The van der Waals surface area contributed by atoms with Gasteiger partial charge in [-0.05, 0) is 54.4 Å². The maximum absolute atomic E-state index is 13.2. The van der Waals surface area contributed by atoms with Gasteiger partial charge in [-0.2, -0.15) is 0 Å². The van der Waals surface area contributed by atoms with Crippen LogP contribution in [-0.2, 0) is 23.9 Å². The van der Waals surface area contributed by atoms with E-state index >= 15 is 0 Å². The molecule has 0 bridgehead atoms. The third-order valence-electron chi connectivity index (χ3n) is 4.28. The van der Waals surface area contributed by atoms with Crippen LogP contribution in [0.2, 0.25) is 0 Å². The van der Waals surface area contributed by atoms with Gasteiger partial charge in [-0.1, -0.05) is 0 Å². The monoisotopic (exact) mass is 432 g/mol. The maximum atomic E-state index is 13.2. The summed E-state index contributed by atoms with van der Waals surface area (Å²) < 4.78 is 9.28. The SMILES string of the molecule is CCOC(=O)N[C@H](C(=O)N1CCCC1C(=O)O)C(C)(C)SCC(=O)OC(C)(C)C. The van der Waals surface area contributed by atoms with E-state index in [1.807, 2.05) is 0 Å². The van der Waals surface area contributed by atoms with Crippen molar-refractivity contribution in [1.29, 1.82) is 0 Å². The van der Waals surface area contributed by atoms with Gasteiger partial charge in [0, 0.05) is 11.3 Å². The van der Waals surface area contributed by atoms with Gasteiger partial charge in [-0.3, -0.25) is 9.59 Å². The maximum Gasteiger partial charge on any atom is 0.407 e. The Morgan fingerprint density at radius 2 is 1.83 bits per heavy atom. The fraction of sp³-hybridized carbons (Fsp3) is 0.789. The Kier molecular flexibility index (Phi) is 8.80. The highest BCUT2D eigenvalue weighted by molar-refractivity contribution is 8.01. The summed E-state index contributed by atoms with van der Waals surface area (Å²) in [7, 11) is 0. The third-order valence-corrected chi connectivity index (χ3v) is 5.64. The molecule has 1 aliphatic rings. The molecule has 29 heavy (non-hydrogen) atoms. The van der Waals surface area contributed by atoms with Gasteiger partial charge in [0.2, 0.25) is 5.91 Å². The highest BCUT2D eigenvalue weighted by Crippen LogP contribution is 2.32. The average molecular weight is 433 g/mol. The molecule has 0 aromatic rings. The molecular formula is C19H32N2O7S. The van der Waals surface area contributed by atoms with Gasteiger partial charge >= 0.3 is 18.0 Å². The number of ether oxygens (including phenoxy) is 2. The molecule has 1 aliphatic heterocycles. The zero-order valence-corrected chi connectivity index (χ0v) is 18.8. The number of hydrogen-bond acceptors (Lipinski definition) is 7. The van der Waals surface area contributed by atoms with Gasteiger partial charge in [-0.25, -0.2) is 9.59 Å². The summed E-state index contributed by atoms with van der Waals surface area (Å²) in [5.74, 6) is -2.06. The number of likely N-dealkylation sites (tertiary alicyclic amines) is 1. The molecule has 1 saturated heterocycles. The second-order valence-electron chi connectivity index (χ2n) is 8.30. The number of carbonyl (C=O) groups is 4. The first-order valence-corrected chi connectivity index (χ1v) is 10.6. The van der Waals surface area contributed by atoms with Crippen molar-refractivity contribution in [3.63, 3.8) is 0 Å². The van der Waals surface area contributed by atoms with E-state index in [1.165, 1.54) is 4.90 Å². The normalized spacial score (nSPS) is 18.1. The number of carboxylic acids is 1. The van der Waals surface area contributed by atoms with Crippen LogP contribution >= 0.6 is 11.8 Å². The van der Waals surface area contributed by atoms with E-state index in [-0.39, 0.29) is 12.4 Å². The predicted molar refractivity (Wildman–Crippen MR) is 109 cm³/mol. The van der Waals surface area contributed by atoms with E-state index in [0.29, 0.717) is 19.4 Å². The van der Waals surface area contributed by atoms with Crippen LogP contribution in [0.1, 0.15) is 54.4 Å². The number of amides is 2. The standard InChI is InChI=1S/C19H32N2O7S/c1-7-27-17(26)20-14(15(23)21-10-8-9-12(21)16(24)25)19(5,6)29-11-13(22)28-18(2,3)4/h12,14H,7-11H2,1-6H3,(H,20,26)(H,24,25)/t12?,14-/m1/s1. The molecule has 2 N–H and O–H groups in total. The predicted octanol–water partition coefficient (Wildman–Crippen LogP) is 2.03. The van der Waals surface area contributed by atoms with Crippen molar-refractivity contribution in [2.45, 2.75) is 76.8 Å². The Morgan fingerprint density at radius 3 is 2.34 bits per heavy atom. The zero-order chi connectivity index (χ0) is 22.4. The Hall–Kier alpha value is -1.97. The lowest BCUT2D eigenvalue weighted by Gasteiger charge is -2.36. The van der Waals surface area contributed by atoms with Crippen LogP contribution in [0.5, 0.6) is 0 Å². The number of carbonyl (C=O) groups excluding carboxylic acids is 3. The van der Waals surface area contributed by atoms with E-state index in [4.69, 9.17) is 9.47 Å². The van der Waals surface area contributed by atoms with Crippen molar-refractivity contribution >= 4 is 35.7 Å². The van der Waals surface area contributed by atoms with E-state index in [0.717, 1.165) is 11.8 Å². The zero-order valence-electron chi connectivity index (χ0n) is 17.9. The number of nitrogens with one attached hydrogen (secondary N) is 1. The van der Waals surface area contributed by atoms with E-state index < -0.39 is 46.4 Å². The van der Waals surface area contributed by atoms with Crippen LogP contribution in [0.25, 0.3) is 0 Å². The molecule has 0 saturated carbocycles. The molecule has 0 radical (unpaired) electrons. The summed E-state index contributed by atoms with van der Waals surface area (Å²) in [6, 6.07) is -2.01. The minimum atomic E-state index is -1.08.